The molecule has 0 aliphatic rings. The van der Waals surface area contributed by atoms with Crippen LogP contribution >= 0.6 is 0 Å². The van der Waals surface area contributed by atoms with Gasteiger partial charge in [0.2, 0.25) is 0 Å². The number of para-hydroxylation sites is 1. The Bertz CT molecular complexity index is 1510. The van der Waals surface area contributed by atoms with Crippen LogP contribution in [0.25, 0.3) is 10.9 Å². The first-order valence-corrected chi connectivity index (χ1v) is 11.6. The van der Waals surface area contributed by atoms with Gasteiger partial charge in [-0.15, -0.1) is 5.53 Å². The molecule has 0 aliphatic heterocycles. The number of nitrogens with zero attached hydrogens (tertiary/aromatic N) is 3. The number of carbonyl (C=O) groups is 1. The minimum absolute atomic E-state index is 0.0432. The fourth-order valence-corrected chi connectivity index (χ4v) is 3.95. The molecule has 0 spiro atoms. The Hall–Kier alpha value is -4.95. The van der Waals surface area contributed by atoms with E-state index >= 15 is 0 Å². The third-order valence-electron chi connectivity index (χ3n) is 5.84. The lowest BCUT2D eigenvalue weighted by atomic mass is 10.0. The van der Waals surface area contributed by atoms with Crippen LogP contribution in [0.4, 0.5) is 17.2 Å². The zero-order valence-corrected chi connectivity index (χ0v) is 20.4. The maximum absolute atomic E-state index is 12.9. The van der Waals surface area contributed by atoms with Gasteiger partial charge < -0.3 is 14.9 Å². The molecule has 0 saturated carbocycles. The number of hydrogen-bond acceptors (Lipinski definition) is 8. The van der Waals surface area contributed by atoms with E-state index in [-0.39, 0.29) is 5.78 Å². The van der Waals surface area contributed by atoms with Gasteiger partial charge in [-0.1, -0.05) is 48.5 Å². The molecule has 0 unspecified atom stereocenters. The van der Waals surface area contributed by atoms with Crippen molar-refractivity contribution in [3.8, 4) is 11.5 Å². The summed E-state index contributed by atoms with van der Waals surface area (Å²) < 4.78 is 11.0. The zero-order valence-electron chi connectivity index (χ0n) is 20.4. The fraction of sp³-hybridized carbons (Fsp3) is 0.0690. The molecular weight excluding hydrogens is 466 g/mol. The number of fused-ring (bicyclic) bond motifs is 1. The minimum Gasteiger partial charge on any atom is -0.493 e. The maximum Gasteiger partial charge on any atom is 0.193 e. The third-order valence-corrected chi connectivity index (χ3v) is 5.84. The first-order chi connectivity index (χ1) is 18.2. The molecule has 0 saturated heterocycles. The van der Waals surface area contributed by atoms with Crippen molar-refractivity contribution in [3.05, 3.63) is 115 Å². The number of methoxy groups -OCH3 is 2. The van der Waals surface area contributed by atoms with Crippen LogP contribution in [0.3, 0.4) is 0 Å². The highest BCUT2D eigenvalue weighted by molar-refractivity contribution is 6.09. The van der Waals surface area contributed by atoms with Crippen LogP contribution in [0, 0.1) is 0 Å². The number of hydrogen-bond donors (Lipinski definition) is 2. The molecule has 0 atom stereocenters. The summed E-state index contributed by atoms with van der Waals surface area (Å²) >= 11 is 0. The summed E-state index contributed by atoms with van der Waals surface area (Å²) in [7, 11) is 3.17. The number of ketones is 1. The Kier molecular flexibility index (Phi) is 6.91. The van der Waals surface area contributed by atoms with Crippen LogP contribution in [-0.2, 0) is 0 Å². The predicted octanol–water partition coefficient (Wildman–Crippen LogP) is 5.55. The summed E-state index contributed by atoms with van der Waals surface area (Å²) in [5, 5.41) is 2.53. The van der Waals surface area contributed by atoms with Gasteiger partial charge in [-0.3, -0.25) is 4.79 Å². The number of carbonyl (C=O) groups excluding carboxylic acids is 1. The van der Waals surface area contributed by atoms with Crippen molar-refractivity contribution in [2.24, 2.45) is 0 Å². The molecule has 0 radical (unpaired) electrons. The van der Waals surface area contributed by atoms with Crippen molar-refractivity contribution in [3.63, 3.8) is 0 Å². The van der Waals surface area contributed by atoms with Gasteiger partial charge in [0.1, 0.15) is 6.33 Å². The van der Waals surface area contributed by atoms with Gasteiger partial charge in [0.25, 0.3) is 0 Å². The predicted molar refractivity (Wildman–Crippen MR) is 144 cm³/mol. The topological polar surface area (TPSA) is 88.6 Å². The molecule has 4 aromatic carbocycles. The van der Waals surface area contributed by atoms with Gasteiger partial charge in [-0.25, -0.2) is 15.0 Å². The summed E-state index contributed by atoms with van der Waals surface area (Å²) in [5.74, 6) is 1.67. The third kappa shape index (κ3) is 5.05. The molecule has 0 aliphatic carbocycles. The van der Waals surface area contributed by atoms with Gasteiger partial charge in [-0.2, -0.15) is 0 Å². The van der Waals surface area contributed by atoms with E-state index < -0.39 is 0 Å². The lowest BCUT2D eigenvalue weighted by Crippen LogP contribution is -2.39. The molecule has 37 heavy (non-hydrogen) atoms. The number of hydrazine groups is 2. The van der Waals surface area contributed by atoms with Gasteiger partial charge >= 0.3 is 0 Å². The highest BCUT2D eigenvalue weighted by Crippen LogP contribution is 2.36. The maximum atomic E-state index is 12.9. The monoisotopic (exact) mass is 491 g/mol. The van der Waals surface area contributed by atoms with E-state index in [2.05, 4.69) is 20.9 Å². The molecule has 2 N–H and O–H groups in total. The van der Waals surface area contributed by atoms with Crippen LogP contribution < -0.4 is 25.4 Å². The highest BCUT2D eigenvalue weighted by Gasteiger charge is 2.18. The second-order valence-corrected chi connectivity index (χ2v) is 8.10. The first kappa shape index (κ1) is 23.8. The molecular formula is C29H25N5O3. The average molecular weight is 492 g/mol. The summed E-state index contributed by atoms with van der Waals surface area (Å²) in [5.41, 5.74) is 9.98. The first-order valence-electron chi connectivity index (χ1n) is 11.6. The number of benzene rings is 4. The molecule has 8 nitrogen and oxygen atoms in total. The quantitative estimate of drug-likeness (QED) is 0.205. The summed E-state index contributed by atoms with van der Waals surface area (Å²) in [6.07, 6.45) is 1.49. The van der Waals surface area contributed by atoms with Crippen LogP contribution in [0.15, 0.2) is 103 Å². The van der Waals surface area contributed by atoms with Gasteiger partial charge in [0.05, 0.1) is 31.1 Å². The van der Waals surface area contributed by atoms with E-state index in [0.717, 1.165) is 16.8 Å². The van der Waals surface area contributed by atoms with E-state index in [1.807, 2.05) is 84.9 Å². The van der Waals surface area contributed by atoms with E-state index in [0.29, 0.717) is 34.0 Å². The largest absolute Gasteiger partial charge is 0.493 e. The molecule has 1 aromatic heterocycles. The van der Waals surface area contributed by atoms with Crippen molar-refractivity contribution in [1.82, 2.24) is 15.5 Å². The van der Waals surface area contributed by atoms with Crippen LogP contribution in [-0.4, -0.2) is 30.0 Å². The second-order valence-electron chi connectivity index (χ2n) is 8.10. The molecule has 0 bridgehead atoms. The van der Waals surface area contributed by atoms with E-state index in [1.165, 1.54) is 6.33 Å². The van der Waals surface area contributed by atoms with Crippen LogP contribution in [0.2, 0.25) is 0 Å². The Balaban J connectivity index is 1.55. The highest BCUT2D eigenvalue weighted by atomic mass is 16.5. The lowest BCUT2D eigenvalue weighted by Gasteiger charge is -2.26. The number of nitrogens with one attached hydrogen (secondary N) is 2. The average Bonchev–Trinajstić information content (AvgIpc) is 2.97. The van der Waals surface area contributed by atoms with Gasteiger partial charge in [0.15, 0.2) is 23.1 Å². The van der Waals surface area contributed by atoms with Crippen molar-refractivity contribution < 1.29 is 14.3 Å². The number of aromatic nitrogens is 2. The SMILES string of the molecule is COc1cc2ncnc(N(NNc3ccccc3)c3ccc(C(=O)c4ccccc4)cc3)c2cc1OC. The van der Waals surface area contributed by atoms with Crippen molar-refractivity contribution in [1.29, 1.82) is 0 Å². The van der Waals surface area contributed by atoms with Gasteiger partial charge in [-0.05, 0) is 42.5 Å². The van der Waals surface area contributed by atoms with E-state index in [9.17, 15) is 4.79 Å². The van der Waals surface area contributed by atoms with Gasteiger partial charge in [0, 0.05) is 22.6 Å². The Labute approximate surface area is 214 Å². The fourth-order valence-electron chi connectivity index (χ4n) is 3.95. The summed E-state index contributed by atoms with van der Waals surface area (Å²) in [6, 6.07) is 29.9. The number of rotatable bonds is 9. The standard InChI is InChI=1S/C29H25N5O3/c1-36-26-17-24-25(18-27(26)37-2)30-19-31-29(24)34(33-32-22-11-7-4-8-12-22)23-15-13-21(14-16-23)28(35)20-9-5-3-6-10-20/h3-19,32-33H,1-2H3. The van der Waals surface area contributed by atoms with Crippen molar-refractivity contribution in [2.45, 2.75) is 0 Å². The van der Waals surface area contributed by atoms with E-state index in [1.54, 1.807) is 31.4 Å². The molecule has 0 amide bonds. The smallest absolute Gasteiger partial charge is 0.193 e. The normalized spacial score (nSPS) is 10.6. The molecule has 184 valence electrons. The molecule has 5 rings (SSSR count). The molecule has 5 aromatic rings. The molecule has 8 heteroatoms. The molecule has 1 heterocycles. The Morgan fingerprint density at radius 3 is 2.05 bits per heavy atom. The number of anilines is 3. The lowest BCUT2D eigenvalue weighted by molar-refractivity contribution is 0.103. The summed E-state index contributed by atoms with van der Waals surface area (Å²) in [4.78, 5) is 21.9. The van der Waals surface area contributed by atoms with E-state index in [4.69, 9.17) is 9.47 Å². The number of ether oxygens (including phenoxy) is 2. The Morgan fingerprint density at radius 1 is 0.757 bits per heavy atom. The summed E-state index contributed by atoms with van der Waals surface area (Å²) in [6.45, 7) is 0. The van der Waals surface area contributed by atoms with Crippen molar-refractivity contribution in [2.75, 3.05) is 24.7 Å². The van der Waals surface area contributed by atoms with Crippen LogP contribution in [0.1, 0.15) is 15.9 Å². The second kappa shape index (κ2) is 10.8. The Morgan fingerprint density at radius 2 is 1.38 bits per heavy atom. The molecule has 0 fully saturated rings. The minimum atomic E-state index is -0.0432. The zero-order chi connectivity index (χ0) is 25.6. The van der Waals surface area contributed by atoms with Crippen molar-refractivity contribution >= 4 is 33.9 Å². The van der Waals surface area contributed by atoms with Crippen LogP contribution in [0.5, 0.6) is 11.5 Å².